The SMILES string of the molecule is CCOP(O)O.c1cc(C2CCCCC2)ccc1N=C1NCCCN1. The Morgan fingerprint density at radius 2 is 1.68 bits per heavy atom. The molecule has 1 saturated heterocycles. The van der Waals surface area contributed by atoms with Crippen LogP contribution in [0.25, 0.3) is 0 Å². The average molecular weight is 367 g/mol. The Balaban J connectivity index is 0.000000326. The van der Waals surface area contributed by atoms with Crippen LogP contribution in [0.5, 0.6) is 0 Å². The summed E-state index contributed by atoms with van der Waals surface area (Å²) >= 11 is 0. The van der Waals surface area contributed by atoms with Gasteiger partial charge in [0.15, 0.2) is 5.96 Å². The van der Waals surface area contributed by atoms with E-state index in [9.17, 15) is 0 Å². The van der Waals surface area contributed by atoms with Crippen molar-refractivity contribution in [2.75, 3.05) is 19.7 Å². The molecular formula is C18H30N3O3P. The zero-order valence-electron chi connectivity index (χ0n) is 14.9. The van der Waals surface area contributed by atoms with Crippen LogP contribution in [0.3, 0.4) is 0 Å². The Bertz CT molecular complexity index is 509. The van der Waals surface area contributed by atoms with Gasteiger partial charge in [-0.25, -0.2) is 4.99 Å². The van der Waals surface area contributed by atoms with Gasteiger partial charge in [-0.2, -0.15) is 0 Å². The quantitative estimate of drug-likeness (QED) is 0.612. The van der Waals surface area contributed by atoms with E-state index in [0.717, 1.165) is 30.7 Å². The lowest BCUT2D eigenvalue weighted by Gasteiger charge is -2.22. The molecule has 6 nitrogen and oxygen atoms in total. The third-order valence-corrected chi connectivity index (χ3v) is 4.88. The van der Waals surface area contributed by atoms with Gasteiger partial charge in [-0.15, -0.1) is 0 Å². The summed E-state index contributed by atoms with van der Waals surface area (Å²) in [7, 11) is -2.10. The standard InChI is InChI=1S/C16H23N3.C2H7O3P/c1-2-5-13(6-3-1)14-7-9-15(10-8-14)19-16-17-11-4-12-18-16;1-2-5-6(3)4/h7-10,13H,1-6,11-12H2,(H2,17,18,19);3-4H,2H2,1H3. The lowest BCUT2D eigenvalue weighted by molar-refractivity contribution is 0.269. The fourth-order valence-corrected chi connectivity index (χ4v) is 3.38. The topological polar surface area (TPSA) is 86.1 Å². The molecule has 0 spiro atoms. The Labute approximate surface area is 151 Å². The largest absolute Gasteiger partial charge is 0.356 e. The average Bonchev–Trinajstić information content (AvgIpc) is 2.64. The van der Waals surface area contributed by atoms with E-state index in [4.69, 9.17) is 9.79 Å². The van der Waals surface area contributed by atoms with Crippen LogP contribution in [-0.4, -0.2) is 35.4 Å². The smallest absolute Gasteiger partial charge is 0.327 e. The molecule has 1 aromatic rings. The first kappa shape index (κ1) is 20.1. The second-order valence-corrected chi connectivity index (χ2v) is 7.03. The Kier molecular flexibility index (Phi) is 9.19. The highest BCUT2D eigenvalue weighted by Gasteiger charge is 2.15. The van der Waals surface area contributed by atoms with Crippen LogP contribution in [0.2, 0.25) is 0 Å². The molecule has 0 radical (unpaired) electrons. The summed E-state index contributed by atoms with van der Waals surface area (Å²) in [5.74, 6) is 1.69. The number of hydrogen-bond donors (Lipinski definition) is 4. The van der Waals surface area contributed by atoms with Gasteiger partial charge in [0.2, 0.25) is 0 Å². The van der Waals surface area contributed by atoms with Crippen LogP contribution < -0.4 is 10.6 Å². The van der Waals surface area contributed by atoms with Gasteiger partial charge in [0.25, 0.3) is 0 Å². The summed E-state index contributed by atoms with van der Waals surface area (Å²) in [4.78, 5) is 20.5. The molecule has 2 aliphatic rings. The summed E-state index contributed by atoms with van der Waals surface area (Å²) in [5, 5.41) is 6.57. The Morgan fingerprint density at radius 3 is 2.20 bits per heavy atom. The molecule has 25 heavy (non-hydrogen) atoms. The van der Waals surface area contributed by atoms with Crippen molar-refractivity contribution in [2.45, 2.75) is 51.4 Å². The molecule has 2 fully saturated rings. The number of guanidine groups is 1. The molecule has 7 heteroatoms. The van der Waals surface area contributed by atoms with Crippen molar-refractivity contribution < 1.29 is 14.3 Å². The summed E-state index contributed by atoms with van der Waals surface area (Å²) in [6.07, 6.45) is 8.08. The maximum atomic E-state index is 7.95. The first-order valence-corrected chi connectivity index (χ1v) is 10.3. The van der Waals surface area contributed by atoms with Gasteiger partial charge in [0.1, 0.15) is 0 Å². The number of benzene rings is 1. The first-order valence-electron chi connectivity index (χ1n) is 9.16. The molecular weight excluding hydrogens is 337 g/mol. The first-order chi connectivity index (χ1) is 12.2. The number of hydrogen-bond acceptors (Lipinski definition) is 4. The predicted octanol–water partition coefficient (Wildman–Crippen LogP) is 3.54. The van der Waals surface area contributed by atoms with E-state index in [2.05, 4.69) is 44.4 Å². The highest BCUT2D eigenvalue weighted by Crippen LogP contribution is 2.33. The van der Waals surface area contributed by atoms with E-state index in [1.165, 1.54) is 44.1 Å². The molecule has 4 N–H and O–H groups in total. The van der Waals surface area contributed by atoms with Crippen molar-refractivity contribution in [3.63, 3.8) is 0 Å². The molecule has 1 saturated carbocycles. The minimum Gasteiger partial charge on any atom is -0.356 e. The molecule has 0 amide bonds. The molecule has 1 aromatic carbocycles. The summed E-state index contributed by atoms with van der Waals surface area (Å²) < 4.78 is 4.22. The maximum Gasteiger partial charge on any atom is 0.327 e. The summed E-state index contributed by atoms with van der Waals surface area (Å²) in [6, 6.07) is 8.82. The highest BCUT2D eigenvalue weighted by atomic mass is 31.2. The minimum atomic E-state index is -2.10. The van der Waals surface area contributed by atoms with E-state index in [-0.39, 0.29) is 0 Å². The summed E-state index contributed by atoms with van der Waals surface area (Å²) in [6.45, 7) is 4.10. The second-order valence-electron chi connectivity index (χ2n) is 6.26. The van der Waals surface area contributed by atoms with Crippen LogP contribution in [0.1, 0.15) is 56.9 Å². The zero-order chi connectivity index (χ0) is 17.9. The third kappa shape index (κ3) is 7.70. The van der Waals surface area contributed by atoms with Gasteiger partial charge in [0.05, 0.1) is 12.3 Å². The number of rotatable bonds is 4. The molecule has 3 rings (SSSR count). The molecule has 140 valence electrons. The monoisotopic (exact) mass is 367 g/mol. The number of aliphatic imine (C=N–C) groups is 1. The van der Waals surface area contributed by atoms with Gasteiger partial charge < -0.3 is 24.9 Å². The lowest BCUT2D eigenvalue weighted by Crippen LogP contribution is -2.43. The van der Waals surface area contributed by atoms with Crippen molar-refractivity contribution in [3.8, 4) is 0 Å². The van der Waals surface area contributed by atoms with Gasteiger partial charge in [0, 0.05) is 13.1 Å². The minimum absolute atomic E-state index is 0.360. The van der Waals surface area contributed by atoms with Crippen molar-refractivity contribution in [1.29, 1.82) is 0 Å². The van der Waals surface area contributed by atoms with Gasteiger partial charge in [-0.05, 0) is 49.8 Å². The predicted molar refractivity (Wildman–Crippen MR) is 103 cm³/mol. The van der Waals surface area contributed by atoms with E-state index in [1.807, 2.05) is 0 Å². The molecule has 1 aliphatic carbocycles. The van der Waals surface area contributed by atoms with Crippen LogP contribution in [0.4, 0.5) is 5.69 Å². The Hall–Kier alpha value is -1.20. The molecule has 0 bridgehead atoms. The van der Waals surface area contributed by atoms with E-state index >= 15 is 0 Å². The van der Waals surface area contributed by atoms with Crippen LogP contribution in [0.15, 0.2) is 29.3 Å². The zero-order valence-corrected chi connectivity index (χ0v) is 15.8. The van der Waals surface area contributed by atoms with E-state index in [0.29, 0.717) is 6.61 Å². The van der Waals surface area contributed by atoms with Crippen molar-refractivity contribution in [1.82, 2.24) is 10.6 Å². The fraction of sp³-hybridized carbons (Fsp3) is 0.611. The molecule has 0 atom stereocenters. The van der Waals surface area contributed by atoms with Gasteiger partial charge >= 0.3 is 8.60 Å². The van der Waals surface area contributed by atoms with Crippen molar-refractivity contribution >= 4 is 20.2 Å². The van der Waals surface area contributed by atoms with Crippen molar-refractivity contribution in [3.05, 3.63) is 29.8 Å². The molecule has 1 aliphatic heterocycles. The van der Waals surface area contributed by atoms with Crippen LogP contribution in [0, 0.1) is 0 Å². The fourth-order valence-electron chi connectivity index (χ4n) is 3.15. The summed E-state index contributed by atoms with van der Waals surface area (Å²) in [5.41, 5.74) is 2.53. The number of nitrogens with one attached hydrogen (secondary N) is 2. The van der Waals surface area contributed by atoms with Crippen LogP contribution in [-0.2, 0) is 4.52 Å². The second kappa shape index (κ2) is 11.4. The van der Waals surface area contributed by atoms with Crippen LogP contribution >= 0.6 is 8.60 Å². The molecule has 1 heterocycles. The van der Waals surface area contributed by atoms with E-state index in [1.54, 1.807) is 6.92 Å². The highest BCUT2D eigenvalue weighted by molar-refractivity contribution is 7.39. The molecule has 0 unspecified atom stereocenters. The Morgan fingerprint density at radius 1 is 1.04 bits per heavy atom. The van der Waals surface area contributed by atoms with E-state index < -0.39 is 8.60 Å². The number of nitrogens with zero attached hydrogens (tertiary/aromatic N) is 1. The van der Waals surface area contributed by atoms with Gasteiger partial charge in [-0.1, -0.05) is 31.4 Å². The maximum absolute atomic E-state index is 7.95. The third-order valence-electron chi connectivity index (χ3n) is 4.39. The lowest BCUT2D eigenvalue weighted by atomic mass is 9.84. The van der Waals surface area contributed by atoms with Crippen molar-refractivity contribution in [2.24, 2.45) is 4.99 Å². The normalized spacial score (nSPS) is 18.0. The molecule has 0 aromatic heterocycles. The van der Waals surface area contributed by atoms with Gasteiger partial charge in [-0.3, -0.25) is 0 Å².